The summed E-state index contributed by atoms with van der Waals surface area (Å²) in [6, 6.07) is 6.11. The molecule has 166 valence electrons. The molecule has 2 aromatic rings. The predicted octanol–water partition coefficient (Wildman–Crippen LogP) is 3.12. The Morgan fingerprint density at radius 3 is 2.58 bits per heavy atom. The van der Waals surface area contributed by atoms with Crippen LogP contribution in [-0.2, 0) is 4.74 Å². The fourth-order valence-electron chi connectivity index (χ4n) is 3.44. The zero-order valence-electron chi connectivity index (χ0n) is 18.0. The molecule has 31 heavy (non-hydrogen) atoms. The molecule has 3 rings (SSSR count). The number of ether oxygens (including phenoxy) is 1. The van der Waals surface area contributed by atoms with Crippen molar-refractivity contribution >= 4 is 17.8 Å². The number of nitrogens with two attached hydrogens (primary N) is 1. The molecule has 2 amide bonds. The van der Waals surface area contributed by atoms with E-state index in [4.69, 9.17) is 10.5 Å². The summed E-state index contributed by atoms with van der Waals surface area (Å²) < 4.78 is 18.8. The van der Waals surface area contributed by atoms with Crippen LogP contribution in [0.15, 0.2) is 30.5 Å². The summed E-state index contributed by atoms with van der Waals surface area (Å²) in [5, 5.41) is 2.83. The van der Waals surface area contributed by atoms with Crippen molar-refractivity contribution in [3.05, 3.63) is 42.0 Å². The number of amides is 2. The van der Waals surface area contributed by atoms with E-state index in [2.05, 4.69) is 20.2 Å². The molecule has 3 heterocycles. The topological polar surface area (TPSA) is 110 Å². The summed E-state index contributed by atoms with van der Waals surface area (Å²) in [5.41, 5.74) is 6.26. The van der Waals surface area contributed by atoms with Crippen molar-refractivity contribution in [1.29, 1.82) is 0 Å². The lowest BCUT2D eigenvalue weighted by Crippen LogP contribution is -2.40. The van der Waals surface area contributed by atoms with Gasteiger partial charge in [-0.05, 0) is 57.7 Å². The summed E-state index contributed by atoms with van der Waals surface area (Å²) in [7, 11) is 0. The highest BCUT2D eigenvalue weighted by Gasteiger charge is 2.23. The molecule has 0 atom stereocenters. The second kappa shape index (κ2) is 9.28. The van der Waals surface area contributed by atoms with Gasteiger partial charge in [0.2, 0.25) is 11.9 Å². The first-order chi connectivity index (χ1) is 14.6. The number of carbonyl (C=O) groups is 2. The number of carbonyl (C=O) groups excluding carboxylic acids is 2. The summed E-state index contributed by atoms with van der Waals surface area (Å²) >= 11 is 0. The molecule has 8 nitrogen and oxygen atoms in total. The van der Waals surface area contributed by atoms with Crippen molar-refractivity contribution in [2.24, 2.45) is 11.7 Å². The number of hydrogen-bond acceptors (Lipinski definition) is 6. The summed E-state index contributed by atoms with van der Waals surface area (Å²) in [5.74, 6) is -0.265. The van der Waals surface area contributed by atoms with Gasteiger partial charge in [-0.25, -0.2) is 14.8 Å². The zero-order chi connectivity index (χ0) is 22.6. The lowest BCUT2D eigenvalue weighted by molar-refractivity contribution is 0.0516. The highest BCUT2D eigenvalue weighted by atomic mass is 19.1. The maximum absolute atomic E-state index is 13.6. The number of nitrogens with one attached hydrogen (secondary N) is 1. The van der Waals surface area contributed by atoms with Gasteiger partial charge in [-0.15, -0.1) is 0 Å². The van der Waals surface area contributed by atoms with Crippen molar-refractivity contribution < 1.29 is 18.7 Å². The highest BCUT2D eigenvalue weighted by molar-refractivity contribution is 5.94. The van der Waals surface area contributed by atoms with Crippen LogP contribution in [0.25, 0.3) is 11.3 Å². The Hall–Kier alpha value is -3.23. The number of nitrogens with zero attached hydrogens (tertiary/aromatic N) is 3. The minimum atomic E-state index is -0.622. The molecule has 9 heteroatoms. The van der Waals surface area contributed by atoms with Gasteiger partial charge in [0, 0.05) is 43.0 Å². The van der Waals surface area contributed by atoms with E-state index in [1.807, 2.05) is 20.8 Å². The third-order valence-electron chi connectivity index (χ3n) is 4.99. The number of aromatic nitrogens is 2. The maximum Gasteiger partial charge on any atom is 0.407 e. The van der Waals surface area contributed by atoms with Crippen molar-refractivity contribution in [1.82, 2.24) is 15.3 Å². The van der Waals surface area contributed by atoms with Crippen molar-refractivity contribution in [3.63, 3.8) is 0 Å². The predicted molar refractivity (Wildman–Crippen MR) is 115 cm³/mol. The van der Waals surface area contributed by atoms with Gasteiger partial charge in [0.15, 0.2) is 0 Å². The monoisotopic (exact) mass is 429 g/mol. The molecule has 1 aliphatic rings. The Morgan fingerprint density at radius 1 is 1.26 bits per heavy atom. The zero-order valence-corrected chi connectivity index (χ0v) is 18.0. The number of pyridine rings is 2. The van der Waals surface area contributed by atoms with Gasteiger partial charge in [-0.3, -0.25) is 4.79 Å². The number of piperidine rings is 1. The molecule has 0 radical (unpaired) electrons. The fourth-order valence-corrected chi connectivity index (χ4v) is 3.44. The molecule has 0 bridgehead atoms. The average Bonchev–Trinajstić information content (AvgIpc) is 2.71. The first-order valence-electron chi connectivity index (χ1n) is 10.3. The van der Waals surface area contributed by atoms with E-state index in [9.17, 15) is 14.0 Å². The first-order valence-corrected chi connectivity index (χ1v) is 10.3. The highest BCUT2D eigenvalue weighted by Crippen LogP contribution is 2.26. The SMILES string of the molecule is CC(C)(C)OC(=O)NCC1CCN(c2cc(C(N)=O)cc(-c3ccnc(F)c3)n2)CC1. The van der Waals surface area contributed by atoms with E-state index >= 15 is 0 Å². The van der Waals surface area contributed by atoms with Gasteiger partial charge in [-0.1, -0.05) is 0 Å². The number of rotatable bonds is 5. The lowest BCUT2D eigenvalue weighted by Gasteiger charge is -2.33. The molecule has 0 aliphatic carbocycles. The van der Waals surface area contributed by atoms with Crippen molar-refractivity contribution in [2.75, 3.05) is 24.5 Å². The Bertz CT molecular complexity index is 952. The van der Waals surface area contributed by atoms with E-state index in [1.165, 1.54) is 12.3 Å². The summed E-state index contributed by atoms with van der Waals surface area (Å²) in [6.45, 7) is 7.44. The number of halogens is 1. The second-order valence-corrected chi connectivity index (χ2v) is 8.64. The molecular formula is C22H28FN5O3. The number of hydrogen-bond donors (Lipinski definition) is 2. The number of anilines is 1. The van der Waals surface area contributed by atoms with Gasteiger partial charge in [0.05, 0.1) is 5.69 Å². The van der Waals surface area contributed by atoms with Crippen LogP contribution in [0.5, 0.6) is 0 Å². The molecule has 3 N–H and O–H groups in total. The van der Waals surface area contributed by atoms with Crippen LogP contribution in [0, 0.1) is 11.9 Å². The standard InChI is InChI=1S/C22H28FN5O3/c1-22(2,3)31-21(30)26-13-14-5-8-28(9-6-14)19-12-16(20(24)29)10-17(27-19)15-4-7-25-18(23)11-15/h4,7,10-12,14H,5-6,8-9,13H2,1-3H3,(H2,24,29)(H,26,30). The average molecular weight is 429 g/mol. The van der Waals surface area contributed by atoms with Crippen LogP contribution in [0.1, 0.15) is 44.0 Å². The van der Waals surface area contributed by atoms with Gasteiger partial charge in [0.25, 0.3) is 0 Å². The molecule has 1 saturated heterocycles. The normalized spacial score (nSPS) is 14.9. The first kappa shape index (κ1) is 22.5. The van der Waals surface area contributed by atoms with Crippen LogP contribution in [-0.4, -0.2) is 47.2 Å². The minimum Gasteiger partial charge on any atom is -0.444 e. The van der Waals surface area contributed by atoms with Crippen LogP contribution in [0.4, 0.5) is 15.0 Å². The van der Waals surface area contributed by atoms with Crippen LogP contribution < -0.4 is 16.0 Å². The summed E-state index contributed by atoms with van der Waals surface area (Å²) in [4.78, 5) is 33.9. The van der Waals surface area contributed by atoms with Gasteiger partial charge in [-0.2, -0.15) is 4.39 Å². The summed E-state index contributed by atoms with van der Waals surface area (Å²) in [6.07, 6.45) is 2.63. The molecule has 0 saturated carbocycles. The van der Waals surface area contributed by atoms with Crippen LogP contribution in [0.2, 0.25) is 0 Å². The Labute approximate surface area is 181 Å². The third kappa shape index (κ3) is 6.37. The van der Waals surface area contributed by atoms with Gasteiger partial charge < -0.3 is 20.7 Å². The van der Waals surface area contributed by atoms with Crippen LogP contribution in [0.3, 0.4) is 0 Å². The molecule has 0 unspecified atom stereocenters. The van der Waals surface area contributed by atoms with E-state index in [0.29, 0.717) is 48.2 Å². The molecule has 1 aliphatic heterocycles. The largest absolute Gasteiger partial charge is 0.444 e. The quantitative estimate of drug-likeness (QED) is 0.707. The Balaban J connectivity index is 1.67. The molecule has 0 aromatic carbocycles. The van der Waals surface area contributed by atoms with E-state index in [0.717, 1.165) is 12.8 Å². The number of alkyl carbamates (subject to hydrolysis) is 1. The molecule has 1 fully saturated rings. The van der Waals surface area contributed by atoms with Crippen LogP contribution >= 0.6 is 0 Å². The third-order valence-corrected chi connectivity index (χ3v) is 4.99. The van der Waals surface area contributed by atoms with E-state index < -0.39 is 23.5 Å². The maximum atomic E-state index is 13.6. The Kier molecular flexibility index (Phi) is 6.72. The fraction of sp³-hybridized carbons (Fsp3) is 0.455. The Morgan fingerprint density at radius 2 is 1.97 bits per heavy atom. The van der Waals surface area contributed by atoms with E-state index in [-0.39, 0.29) is 0 Å². The van der Waals surface area contributed by atoms with Gasteiger partial charge in [0.1, 0.15) is 11.4 Å². The molecule has 0 spiro atoms. The van der Waals surface area contributed by atoms with Crippen molar-refractivity contribution in [2.45, 2.75) is 39.2 Å². The van der Waals surface area contributed by atoms with Gasteiger partial charge >= 0.3 is 6.09 Å². The minimum absolute atomic E-state index is 0.311. The van der Waals surface area contributed by atoms with Crippen molar-refractivity contribution in [3.8, 4) is 11.3 Å². The lowest BCUT2D eigenvalue weighted by atomic mass is 9.96. The molecule has 2 aromatic heterocycles. The van der Waals surface area contributed by atoms with E-state index in [1.54, 1.807) is 18.2 Å². The second-order valence-electron chi connectivity index (χ2n) is 8.64. The smallest absolute Gasteiger partial charge is 0.407 e. The number of primary amides is 1. The molecular weight excluding hydrogens is 401 g/mol.